The minimum atomic E-state index is 0.579. The van der Waals surface area contributed by atoms with Crippen molar-refractivity contribution in [2.45, 2.75) is 13.0 Å². The molecule has 0 N–H and O–H groups in total. The van der Waals surface area contributed by atoms with E-state index >= 15 is 0 Å². The van der Waals surface area contributed by atoms with Crippen LogP contribution in [0.4, 0.5) is 0 Å². The summed E-state index contributed by atoms with van der Waals surface area (Å²) in [6.45, 7) is 3.54. The van der Waals surface area contributed by atoms with Crippen LogP contribution in [0.2, 0.25) is 5.02 Å². The van der Waals surface area contributed by atoms with Crippen molar-refractivity contribution in [1.29, 1.82) is 0 Å². The summed E-state index contributed by atoms with van der Waals surface area (Å²) in [6, 6.07) is 16.4. The molecule has 2 aliphatic heterocycles. The van der Waals surface area contributed by atoms with Gasteiger partial charge < -0.3 is 4.74 Å². The van der Waals surface area contributed by atoms with Crippen LogP contribution in [-0.4, -0.2) is 30.5 Å². The molecule has 0 radical (unpaired) electrons. The molecule has 0 amide bonds. The Morgan fingerprint density at radius 1 is 1.13 bits per heavy atom. The van der Waals surface area contributed by atoms with E-state index in [-0.39, 0.29) is 0 Å². The van der Waals surface area contributed by atoms with Gasteiger partial charge in [0.25, 0.3) is 0 Å². The molecule has 0 aromatic heterocycles. The van der Waals surface area contributed by atoms with Gasteiger partial charge in [0.05, 0.1) is 18.9 Å². The fraction of sp³-hybridized carbons (Fsp3) is 0.316. The highest BCUT2D eigenvalue weighted by Gasteiger charge is 2.24. The SMILES string of the molecule is Clc1ccc(C2=NN(CC3CCOC3)Cc3ccccc32)cc1. The van der Waals surface area contributed by atoms with E-state index in [1.54, 1.807) is 0 Å². The minimum absolute atomic E-state index is 0.579. The van der Waals surface area contributed by atoms with Crippen molar-refractivity contribution in [2.24, 2.45) is 11.0 Å². The van der Waals surface area contributed by atoms with Gasteiger partial charge in [-0.2, -0.15) is 5.10 Å². The molecule has 3 nitrogen and oxygen atoms in total. The maximum Gasteiger partial charge on any atom is 0.0979 e. The van der Waals surface area contributed by atoms with E-state index in [1.807, 2.05) is 24.3 Å². The zero-order valence-corrected chi connectivity index (χ0v) is 13.7. The van der Waals surface area contributed by atoms with E-state index in [2.05, 4.69) is 29.3 Å². The van der Waals surface area contributed by atoms with E-state index < -0.39 is 0 Å². The number of ether oxygens (including phenoxy) is 1. The number of benzene rings is 2. The summed E-state index contributed by atoms with van der Waals surface area (Å²) in [5, 5.41) is 7.87. The standard InChI is InChI=1S/C19H19ClN2O/c20-17-7-5-15(6-8-17)19-18-4-2-1-3-16(18)12-22(21-19)11-14-9-10-23-13-14/h1-8,14H,9-13H2. The van der Waals surface area contributed by atoms with Crippen LogP contribution in [0.25, 0.3) is 0 Å². The summed E-state index contributed by atoms with van der Waals surface area (Å²) in [7, 11) is 0. The Morgan fingerprint density at radius 2 is 1.96 bits per heavy atom. The third-order valence-electron chi connectivity index (χ3n) is 4.48. The Hall–Kier alpha value is -1.84. The molecule has 23 heavy (non-hydrogen) atoms. The molecule has 1 fully saturated rings. The fourth-order valence-corrected chi connectivity index (χ4v) is 3.39. The largest absolute Gasteiger partial charge is 0.381 e. The van der Waals surface area contributed by atoms with Crippen LogP contribution in [0.3, 0.4) is 0 Å². The predicted molar refractivity (Wildman–Crippen MR) is 92.9 cm³/mol. The Morgan fingerprint density at radius 3 is 2.74 bits per heavy atom. The number of hydrazone groups is 1. The third kappa shape index (κ3) is 3.12. The Bertz CT molecular complexity index is 720. The molecule has 118 valence electrons. The van der Waals surface area contributed by atoms with Gasteiger partial charge in [-0.05, 0) is 24.1 Å². The quantitative estimate of drug-likeness (QED) is 0.853. The fourth-order valence-electron chi connectivity index (χ4n) is 3.27. The smallest absolute Gasteiger partial charge is 0.0979 e. The van der Waals surface area contributed by atoms with E-state index in [1.165, 1.54) is 11.1 Å². The second-order valence-corrected chi connectivity index (χ2v) is 6.63. The lowest BCUT2D eigenvalue weighted by atomic mass is 9.96. The maximum atomic E-state index is 6.03. The normalized spacial score (nSPS) is 20.3. The van der Waals surface area contributed by atoms with Crippen molar-refractivity contribution in [3.63, 3.8) is 0 Å². The molecule has 0 spiro atoms. The molecule has 1 atom stereocenters. The number of hydrogen-bond donors (Lipinski definition) is 0. The van der Waals surface area contributed by atoms with E-state index in [0.29, 0.717) is 5.92 Å². The summed E-state index contributed by atoms with van der Waals surface area (Å²) in [4.78, 5) is 0. The molecular weight excluding hydrogens is 308 g/mol. The number of halogens is 1. The first-order valence-electron chi connectivity index (χ1n) is 8.05. The van der Waals surface area contributed by atoms with Crippen LogP contribution in [0.1, 0.15) is 23.1 Å². The summed E-state index contributed by atoms with van der Waals surface area (Å²) < 4.78 is 5.50. The van der Waals surface area contributed by atoms with Crippen LogP contribution in [0.15, 0.2) is 53.6 Å². The lowest BCUT2D eigenvalue weighted by Gasteiger charge is -2.29. The Balaban J connectivity index is 1.69. The van der Waals surface area contributed by atoms with Crippen LogP contribution < -0.4 is 0 Å². The summed E-state index contributed by atoms with van der Waals surface area (Å²) >= 11 is 6.03. The molecule has 1 unspecified atom stereocenters. The third-order valence-corrected chi connectivity index (χ3v) is 4.73. The zero-order chi connectivity index (χ0) is 15.6. The summed E-state index contributed by atoms with van der Waals surface area (Å²) in [6.07, 6.45) is 1.13. The number of hydrogen-bond acceptors (Lipinski definition) is 3. The van der Waals surface area contributed by atoms with Crippen LogP contribution in [0, 0.1) is 5.92 Å². The molecule has 2 aliphatic rings. The molecular formula is C19H19ClN2O. The topological polar surface area (TPSA) is 24.8 Å². The molecule has 4 rings (SSSR count). The average Bonchev–Trinajstić information content (AvgIpc) is 3.08. The van der Waals surface area contributed by atoms with Gasteiger partial charge in [0, 0.05) is 35.2 Å². The molecule has 1 saturated heterocycles. The van der Waals surface area contributed by atoms with Gasteiger partial charge >= 0.3 is 0 Å². The Kier molecular flexibility index (Phi) is 4.06. The lowest BCUT2D eigenvalue weighted by Crippen LogP contribution is -2.31. The van der Waals surface area contributed by atoms with E-state index in [0.717, 1.165) is 49.0 Å². The molecule has 0 aliphatic carbocycles. The van der Waals surface area contributed by atoms with Crippen LogP contribution in [-0.2, 0) is 11.3 Å². The van der Waals surface area contributed by atoms with Crippen molar-refractivity contribution in [3.05, 3.63) is 70.2 Å². The first kappa shape index (κ1) is 14.7. The molecule has 2 aromatic carbocycles. The maximum absolute atomic E-state index is 6.03. The van der Waals surface area contributed by atoms with Crippen LogP contribution in [0.5, 0.6) is 0 Å². The molecule has 4 heteroatoms. The molecule has 2 heterocycles. The zero-order valence-electron chi connectivity index (χ0n) is 12.9. The predicted octanol–water partition coefficient (Wildman–Crippen LogP) is 3.94. The lowest BCUT2D eigenvalue weighted by molar-refractivity contribution is 0.165. The minimum Gasteiger partial charge on any atom is -0.381 e. The number of fused-ring (bicyclic) bond motifs is 1. The first-order valence-corrected chi connectivity index (χ1v) is 8.43. The second kappa shape index (κ2) is 6.34. The summed E-state index contributed by atoms with van der Waals surface area (Å²) in [5.41, 5.74) is 4.68. The number of rotatable bonds is 3. The van der Waals surface area contributed by atoms with E-state index in [9.17, 15) is 0 Å². The van der Waals surface area contributed by atoms with Crippen molar-refractivity contribution < 1.29 is 4.74 Å². The second-order valence-electron chi connectivity index (χ2n) is 6.19. The van der Waals surface area contributed by atoms with Gasteiger partial charge in [-0.15, -0.1) is 0 Å². The molecule has 2 aromatic rings. The Labute approximate surface area is 141 Å². The van der Waals surface area contributed by atoms with Crippen LogP contribution >= 0.6 is 11.6 Å². The van der Waals surface area contributed by atoms with Crippen molar-refractivity contribution in [3.8, 4) is 0 Å². The van der Waals surface area contributed by atoms with Gasteiger partial charge in [0.2, 0.25) is 0 Å². The molecule has 0 bridgehead atoms. The number of nitrogens with zero attached hydrogens (tertiary/aromatic N) is 2. The van der Waals surface area contributed by atoms with E-state index in [4.69, 9.17) is 21.4 Å². The van der Waals surface area contributed by atoms with Gasteiger partial charge in [0.1, 0.15) is 0 Å². The highest BCUT2D eigenvalue weighted by Crippen LogP contribution is 2.25. The van der Waals surface area contributed by atoms with Crippen molar-refractivity contribution >= 4 is 17.3 Å². The average molecular weight is 327 g/mol. The first-order chi connectivity index (χ1) is 11.3. The van der Waals surface area contributed by atoms with Gasteiger partial charge in [-0.25, -0.2) is 0 Å². The van der Waals surface area contributed by atoms with Gasteiger partial charge in [0.15, 0.2) is 0 Å². The van der Waals surface area contributed by atoms with Gasteiger partial charge in [-0.1, -0.05) is 48.0 Å². The monoisotopic (exact) mass is 326 g/mol. The van der Waals surface area contributed by atoms with Crippen molar-refractivity contribution in [1.82, 2.24) is 5.01 Å². The summed E-state index contributed by atoms with van der Waals surface area (Å²) in [5.74, 6) is 0.579. The van der Waals surface area contributed by atoms with Crippen molar-refractivity contribution in [2.75, 3.05) is 19.8 Å². The van der Waals surface area contributed by atoms with Gasteiger partial charge in [-0.3, -0.25) is 5.01 Å². The highest BCUT2D eigenvalue weighted by atomic mass is 35.5. The molecule has 0 saturated carbocycles. The highest BCUT2D eigenvalue weighted by molar-refractivity contribution is 6.30.